The number of aryl methyl sites for hydroxylation is 1. The molecule has 1 fully saturated rings. The van der Waals surface area contributed by atoms with E-state index in [-0.39, 0.29) is 24.2 Å². The average molecular weight is 388 g/mol. The number of ether oxygens (including phenoxy) is 1. The zero-order valence-corrected chi connectivity index (χ0v) is 15.7. The van der Waals surface area contributed by atoms with Gasteiger partial charge in [-0.25, -0.2) is 8.78 Å². The Morgan fingerprint density at radius 1 is 1.00 bits per heavy atom. The minimum Gasteiger partial charge on any atom is -0.481 e. The number of carbonyl (C=O) groups excluding carboxylic acids is 2. The fourth-order valence-electron chi connectivity index (χ4n) is 3.15. The molecule has 2 aromatic carbocycles. The van der Waals surface area contributed by atoms with Crippen LogP contribution in [0.25, 0.3) is 0 Å². The SMILES string of the molecule is Cc1cccc(C(=O)N2CCCN(C(=O)COc3ccc(F)cc3F)CC2)c1. The van der Waals surface area contributed by atoms with Crippen LogP contribution in [0.4, 0.5) is 8.78 Å². The van der Waals surface area contributed by atoms with Gasteiger partial charge in [-0.3, -0.25) is 9.59 Å². The van der Waals surface area contributed by atoms with Crippen molar-refractivity contribution in [1.82, 2.24) is 9.80 Å². The highest BCUT2D eigenvalue weighted by molar-refractivity contribution is 5.94. The average Bonchev–Trinajstić information content (AvgIpc) is 2.93. The molecule has 0 spiro atoms. The fourth-order valence-corrected chi connectivity index (χ4v) is 3.15. The summed E-state index contributed by atoms with van der Waals surface area (Å²) in [6.45, 7) is 3.45. The number of benzene rings is 2. The first-order chi connectivity index (χ1) is 13.4. The Kier molecular flexibility index (Phi) is 6.23. The maximum atomic E-state index is 13.6. The lowest BCUT2D eigenvalue weighted by Gasteiger charge is -2.22. The van der Waals surface area contributed by atoms with Gasteiger partial charge >= 0.3 is 0 Å². The number of carbonyl (C=O) groups is 2. The van der Waals surface area contributed by atoms with Crippen LogP contribution in [0.15, 0.2) is 42.5 Å². The molecule has 2 amide bonds. The van der Waals surface area contributed by atoms with Gasteiger partial charge in [-0.2, -0.15) is 0 Å². The van der Waals surface area contributed by atoms with Crippen LogP contribution in [0.3, 0.4) is 0 Å². The Labute approximate surface area is 162 Å². The van der Waals surface area contributed by atoms with Crippen LogP contribution < -0.4 is 4.74 Å². The molecule has 0 N–H and O–H groups in total. The summed E-state index contributed by atoms with van der Waals surface area (Å²) in [5.74, 6) is -2.07. The van der Waals surface area contributed by atoms with Crippen LogP contribution in [0, 0.1) is 18.6 Å². The minimum absolute atomic E-state index is 0.0531. The molecule has 2 aromatic rings. The molecule has 1 aliphatic heterocycles. The lowest BCUT2D eigenvalue weighted by molar-refractivity contribution is -0.133. The molecular formula is C21H22F2N2O3. The van der Waals surface area contributed by atoms with E-state index in [1.54, 1.807) is 15.9 Å². The molecule has 28 heavy (non-hydrogen) atoms. The van der Waals surface area contributed by atoms with Crippen LogP contribution in [0.1, 0.15) is 22.3 Å². The van der Waals surface area contributed by atoms with E-state index >= 15 is 0 Å². The molecule has 0 saturated carbocycles. The molecule has 5 nitrogen and oxygen atoms in total. The second-order valence-corrected chi connectivity index (χ2v) is 6.76. The maximum Gasteiger partial charge on any atom is 0.260 e. The highest BCUT2D eigenvalue weighted by atomic mass is 19.1. The third-order valence-electron chi connectivity index (χ3n) is 4.65. The van der Waals surface area contributed by atoms with Crippen LogP contribution in [-0.2, 0) is 4.79 Å². The van der Waals surface area contributed by atoms with Crippen LogP contribution in [-0.4, -0.2) is 54.4 Å². The van der Waals surface area contributed by atoms with Crippen molar-refractivity contribution in [1.29, 1.82) is 0 Å². The van der Waals surface area contributed by atoms with Crippen molar-refractivity contribution in [2.45, 2.75) is 13.3 Å². The van der Waals surface area contributed by atoms with E-state index < -0.39 is 11.6 Å². The zero-order valence-electron chi connectivity index (χ0n) is 15.7. The molecule has 1 heterocycles. The van der Waals surface area contributed by atoms with Gasteiger partial charge in [0.15, 0.2) is 18.2 Å². The first-order valence-corrected chi connectivity index (χ1v) is 9.15. The second kappa shape index (κ2) is 8.82. The first kappa shape index (κ1) is 19.8. The summed E-state index contributed by atoms with van der Waals surface area (Å²) in [5.41, 5.74) is 1.65. The van der Waals surface area contributed by atoms with Crippen LogP contribution >= 0.6 is 0 Å². The maximum absolute atomic E-state index is 13.6. The van der Waals surface area contributed by atoms with E-state index in [9.17, 15) is 18.4 Å². The van der Waals surface area contributed by atoms with Crippen molar-refractivity contribution in [3.05, 3.63) is 65.2 Å². The van der Waals surface area contributed by atoms with Crippen molar-refractivity contribution in [3.63, 3.8) is 0 Å². The van der Waals surface area contributed by atoms with Crippen LogP contribution in [0.2, 0.25) is 0 Å². The quantitative estimate of drug-likeness (QED) is 0.809. The monoisotopic (exact) mass is 388 g/mol. The molecule has 0 bridgehead atoms. The Morgan fingerprint density at radius 3 is 2.50 bits per heavy atom. The second-order valence-electron chi connectivity index (χ2n) is 6.76. The van der Waals surface area contributed by atoms with Gasteiger partial charge in [0, 0.05) is 37.8 Å². The normalized spacial score (nSPS) is 14.5. The van der Waals surface area contributed by atoms with Gasteiger partial charge in [0.25, 0.3) is 11.8 Å². The van der Waals surface area contributed by atoms with E-state index in [2.05, 4.69) is 0 Å². The predicted molar refractivity (Wildman–Crippen MR) is 100 cm³/mol. The van der Waals surface area contributed by atoms with E-state index in [1.807, 2.05) is 25.1 Å². The van der Waals surface area contributed by atoms with Crippen molar-refractivity contribution in [2.75, 3.05) is 32.8 Å². The van der Waals surface area contributed by atoms with Gasteiger partial charge in [0.05, 0.1) is 0 Å². The molecule has 0 aliphatic carbocycles. The van der Waals surface area contributed by atoms with E-state index in [4.69, 9.17) is 4.74 Å². The minimum atomic E-state index is -0.849. The smallest absolute Gasteiger partial charge is 0.260 e. The number of rotatable bonds is 4. The molecule has 148 valence electrons. The zero-order chi connectivity index (χ0) is 20.1. The van der Waals surface area contributed by atoms with Crippen molar-refractivity contribution in [3.8, 4) is 5.75 Å². The molecule has 3 rings (SSSR count). The van der Waals surface area contributed by atoms with Gasteiger partial charge in [-0.05, 0) is 37.6 Å². The Morgan fingerprint density at radius 2 is 1.75 bits per heavy atom. The van der Waals surface area contributed by atoms with Gasteiger partial charge in [-0.1, -0.05) is 17.7 Å². The Bertz CT molecular complexity index is 872. The molecule has 0 unspecified atom stereocenters. The summed E-state index contributed by atoms with van der Waals surface area (Å²) in [5, 5.41) is 0. The topological polar surface area (TPSA) is 49.9 Å². The summed E-state index contributed by atoms with van der Waals surface area (Å²) in [7, 11) is 0. The Hall–Kier alpha value is -2.96. The van der Waals surface area contributed by atoms with Gasteiger partial charge in [0.2, 0.25) is 0 Å². The molecule has 1 aliphatic rings. The fraction of sp³-hybridized carbons (Fsp3) is 0.333. The predicted octanol–water partition coefficient (Wildman–Crippen LogP) is 3.03. The van der Waals surface area contributed by atoms with Crippen molar-refractivity contribution < 1.29 is 23.1 Å². The number of hydrogen-bond donors (Lipinski definition) is 0. The molecule has 0 aromatic heterocycles. The molecule has 7 heteroatoms. The number of halogens is 2. The molecule has 0 radical (unpaired) electrons. The summed E-state index contributed by atoms with van der Waals surface area (Å²) < 4.78 is 31.7. The summed E-state index contributed by atoms with van der Waals surface area (Å²) >= 11 is 0. The standard InChI is InChI=1S/C21H22F2N2O3/c1-15-4-2-5-16(12-15)21(27)25-9-3-8-24(10-11-25)20(26)14-28-19-7-6-17(22)13-18(19)23/h2,4-7,12-13H,3,8-11,14H2,1H3. The van der Waals surface area contributed by atoms with Gasteiger partial charge in [-0.15, -0.1) is 0 Å². The summed E-state index contributed by atoms with van der Waals surface area (Å²) in [6.07, 6.45) is 0.647. The number of nitrogens with zero attached hydrogens (tertiary/aromatic N) is 2. The lowest BCUT2D eigenvalue weighted by Crippen LogP contribution is -2.39. The van der Waals surface area contributed by atoms with E-state index in [1.165, 1.54) is 0 Å². The van der Waals surface area contributed by atoms with Gasteiger partial charge < -0.3 is 14.5 Å². The third kappa shape index (κ3) is 4.85. The highest BCUT2D eigenvalue weighted by Crippen LogP contribution is 2.18. The van der Waals surface area contributed by atoms with E-state index in [0.717, 1.165) is 17.7 Å². The number of amides is 2. The molecular weight excluding hydrogens is 366 g/mol. The highest BCUT2D eigenvalue weighted by Gasteiger charge is 2.23. The molecule has 1 saturated heterocycles. The largest absolute Gasteiger partial charge is 0.481 e. The third-order valence-corrected chi connectivity index (χ3v) is 4.65. The van der Waals surface area contributed by atoms with Crippen molar-refractivity contribution in [2.24, 2.45) is 0 Å². The first-order valence-electron chi connectivity index (χ1n) is 9.15. The summed E-state index contributed by atoms with van der Waals surface area (Å²) in [6, 6.07) is 10.4. The Balaban J connectivity index is 1.55. The van der Waals surface area contributed by atoms with E-state index in [0.29, 0.717) is 44.2 Å². The molecule has 0 atom stereocenters. The lowest BCUT2D eigenvalue weighted by atomic mass is 10.1. The van der Waals surface area contributed by atoms with Crippen molar-refractivity contribution >= 4 is 11.8 Å². The summed E-state index contributed by atoms with van der Waals surface area (Å²) in [4.78, 5) is 28.4. The van der Waals surface area contributed by atoms with Gasteiger partial charge in [0.1, 0.15) is 5.82 Å². The van der Waals surface area contributed by atoms with Crippen LogP contribution in [0.5, 0.6) is 5.75 Å². The number of hydrogen-bond acceptors (Lipinski definition) is 3.